The molecule has 0 saturated heterocycles. The van der Waals surface area contributed by atoms with Gasteiger partial charge >= 0.3 is 0 Å². The summed E-state index contributed by atoms with van der Waals surface area (Å²) in [4.78, 5) is 0. The molecule has 0 atom stereocenters. The molecular formula is C18H20FNO. The van der Waals surface area contributed by atoms with Crippen LogP contribution in [0.1, 0.15) is 24.5 Å². The fraction of sp³-hybridized carbons (Fsp3) is 0.333. The van der Waals surface area contributed by atoms with Gasteiger partial charge in [-0.3, -0.25) is 0 Å². The van der Waals surface area contributed by atoms with Crippen molar-refractivity contribution in [1.82, 2.24) is 5.32 Å². The maximum absolute atomic E-state index is 13.6. The predicted molar refractivity (Wildman–Crippen MR) is 83.0 cm³/mol. The van der Waals surface area contributed by atoms with E-state index >= 15 is 0 Å². The van der Waals surface area contributed by atoms with Crippen LogP contribution in [-0.4, -0.2) is 13.2 Å². The van der Waals surface area contributed by atoms with Crippen LogP contribution < -0.4 is 10.1 Å². The molecule has 2 aromatic rings. The molecule has 110 valence electrons. The van der Waals surface area contributed by atoms with E-state index in [9.17, 15) is 4.39 Å². The summed E-state index contributed by atoms with van der Waals surface area (Å²) in [5.74, 6) is 0.765. The van der Waals surface area contributed by atoms with E-state index in [2.05, 4.69) is 30.4 Å². The summed E-state index contributed by atoms with van der Waals surface area (Å²) in [5.41, 5.74) is 4.34. The normalized spacial score (nSPS) is 13.0. The van der Waals surface area contributed by atoms with Crippen LogP contribution in [0, 0.1) is 5.82 Å². The second kappa shape index (κ2) is 6.27. The van der Waals surface area contributed by atoms with Gasteiger partial charge in [0, 0.05) is 18.5 Å². The monoisotopic (exact) mass is 285 g/mol. The molecule has 2 aromatic carbocycles. The molecule has 0 saturated carbocycles. The summed E-state index contributed by atoms with van der Waals surface area (Å²) in [6, 6.07) is 11.2. The van der Waals surface area contributed by atoms with Crippen molar-refractivity contribution in [3.8, 4) is 16.9 Å². The minimum absolute atomic E-state index is 0.194. The van der Waals surface area contributed by atoms with Gasteiger partial charge in [-0.05, 0) is 41.8 Å². The first-order valence-corrected chi connectivity index (χ1v) is 7.54. The summed E-state index contributed by atoms with van der Waals surface area (Å²) in [6.07, 6.45) is 2.02. The first-order chi connectivity index (χ1) is 10.3. The summed E-state index contributed by atoms with van der Waals surface area (Å²) in [5, 5.41) is 3.35. The Balaban J connectivity index is 2.00. The third-order valence-electron chi connectivity index (χ3n) is 3.81. The average Bonchev–Trinajstić information content (AvgIpc) is 2.96. The van der Waals surface area contributed by atoms with Crippen LogP contribution in [0.15, 0.2) is 36.4 Å². The molecule has 21 heavy (non-hydrogen) atoms. The van der Waals surface area contributed by atoms with Gasteiger partial charge < -0.3 is 10.1 Å². The van der Waals surface area contributed by atoms with Crippen molar-refractivity contribution < 1.29 is 9.13 Å². The smallest absolute Gasteiger partial charge is 0.130 e. The van der Waals surface area contributed by atoms with Crippen molar-refractivity contribution in [1.29, 1.82) is 0 Å². The largest absolute Gasteiger partial charge is 0.492 e. The zero-order valence-electron chi connectivity index (χ0n) is 12.3. The molecule has 1 heterocycles. The van der Waals surface area contributed by atoms with Gasteiger partial charge in [0.1, 0.15) is 11.6 Å². The Kier molecular flexibility index (Phi) is 4.20. The molecule has 0 radical (unpaired) electrons. The molecular weight excluding hydrogens is 265 g/mol. The Morgan fingerprint density at radius 1 is 1.19 bits per heavy atom. The molecule has 3 rings (SSSR count). The van der Waals surface area contributed by atoms with Crippen LogP contribution in [0.3, 0.4) is 0 Å². The van der Waals surface area contributed by atoms with E-state index in [0.29, 0.717) is 6.54 Å². The average molecular weight is 285 g/mol. The highest BCUT2D eigenvalue weighted by molar-refractivity contribution is 5.75. The third-order valence-corrected chi connectivity index (χ3v) is 3.81. The standard InChI is InChI=1S/C18H20FNO/c1-2-9-20-12-14-11-15(19)6-7-16(14)17-5-3-4-13-8-10-21-18(13)17/h3-7,11,20H,2,8-10,12H2,1H3. The van der Waals surface area contributed by atoms with Gasteiger partial charge in [0.15, 0.2) is 0 Å². The maximum atomic E-state index is 13.6. The van der Waals surface area contributed by atoms with Gasteiger partial charge in [-0.2, -0.15) is 0 Å². The van der Waals surface area contributed by atoms with Gasteiger partial charge in [0.2, 0.25) is 0 Å². The van der Waals surface area contributed by atoms with E-state index in [1.165, 1.54) is 11.6 Å². The summed E-state index contributed by atoms with van der Waals surface area (Å²) in [7, 11) is 0. The Bertz CT molecular complexity index is 639. The highest BCUT2D eigenvalue weighted by Gasteiger charge is 2.18. The van der Waals surface area contributed by atoms with Crippen LogP contribution in [0.4, 0.5) is 4.39 Å². The van der Waals surface area contributed by atoms with Crippen molar-refractivity contribution in [2.24, 2.45) is 0 Å². The molecule has 1 aliphatic rings. The van der Waals surface area contributed by atoms with E-state index in [4.69, 9.17) is 4.74 Å². The van der Waals surface area contributed by atoms with Crippen LogP contribution in [0.5, 0.6) is 5.75 Å². The highest BCUT2D eigenvalue weighted by Crippen LogP contribution is 2.38. The zero-order chi connectivity index (χ0) is 14.7. The third kappa shape index (κ3) is 2.93. The molecule has 2 nitrogen and oxygen atoms in total. The van der Waals surface area contributed by atoms with Crippen LogP contribution in [0.25, 0.3) is 11.1 Å². The number of nitrogens with one attached hydrogen (secondary N) is 1. The summed E-state index contributed by atoms with van der Waals surface area (Å²) >= 11 is 0. The number of halogens is 1. The summed E-state index contributed by atoms with van der Waals surface area (Å²) in [6.45, 7) is 4.46. The molecule has 0 aromatic heterocycles. The Morgan fingerprint density at radius 2 is 2.10 bits per heavy atom. The molecule has 0 bridgehead atoms. The lowest BCUT2D eigenvalue weighted by atomic mass is 9.96. The molecule has 0 fully saturated rings. The van der Waals surface area contributed by atoms with Gasteiger partial charge in [-0.1, -0.05) is 31.2 Å². The van der Waals surface area contributed by atoms with Gasteiger partial charge in [0.25, 0.3) is 0 Å². The number of benzene rings is 2. The lowest BCUT2D eigenvalue weighted by Gasteiger charge is -2.14. The number of rotatable bonds is 5. The van der Waals surface area contributed by atoms with Crippen molar-refractivity contribution in [3.05, 3.63) is 53.3 Å². The molecule has 0 unspecified atom stereocenters. The lowest BCUT2D eigenvalue weighted by Crippen LogP contribution is -2.14. The molecule has 1 N–H and O–H groups in total. The molecule has 0 spiro atoms. The fourth-order valence-corrected chi connectivity index (χ4v) is 2.80. The maximum Gasteiger partial charge on any atom is 0.130 e. The lowest BCUT2D eigenvalue weighted by molar-refractivity contribution is 0.358. The molecule has 0 aliphatic carbocycles. The first kappa shape index (κ1) is 14.1. The number of ether oxygens (including phenoxy) is 1. The minimum Gasteiger partial charge on any atom is -0.492 e. The van der Waals surface area contributed by atoms with Crippen molar-refractivity contribution in [3.63, 3.8) is 0 Å². The SMILES string of the molecule is CCCNCc1cc(F)ccc1-c1cccc2c1OCC2. The second-order valence-electron chi connectivity index (χ2n) is 5.37. The fourth-order valence-electron chi connectivity index (χ4n) is 2.80. The van der Waals surface area contributed by atoms with E-state index in [0.717, 1.165) is 48.4 Å². The number of para-hydroxylation sites is 1. The van der Waals surface area contributed by atoms with E-state index in [-0.39, 0.29) is 5.82 Å². The topological polar surface area (TPSA) is 21.3 Å². The molecule has 0 amide bonds. The minimum atomic E-state index is -0.194. The molecule has 1 aliphatic heterocycles. The molecule has 3 heteroatoms. The van der Waals surface area contributed by atoms with Crippen molar-refractivity contribution in [2.75, 3.05) is 13.2 Å². The van der Waals surface area contributed by atoms with Crippen LogP contribution >= 0.6 is 0 Å². The van der Waals surface area contributed by atoms with Gasteiger partial charge in [-0.15, -0.1) is 0 Å². The van der Waals surface area contributed by atoms with Gasteiger partial charge in [0.05, 0.1) is 6.61 Å². The Hall–Kier alpha value is -1.87. The number of fused-ring (bicyclic) bond motifs is 1. The van der Waals surface area contributed by atoms with E-state index < -0.39 is 0 Å². The Morgan fingerprint density at radius 3 is 2.95 bits per heavy atom. The number of hydrogen-bond donors (Lipinski definition) is 1. The highest BCUT2D eigenvalue weighted by atomic mass is 19.1. The van der Waals surface area contributed by atoms with Gasteiger partial charge in [-0.25, -0.2) is 4.39 Å². The van der Waals surface area contributed by atoms with Crippen molar-refractivity contribution in [2.45, 2.75) is 26.3 Å². The summed E-state index contributed by atoms with van der Waals surface area (Å²) < 4.78 is 19.4. The van der Waals surface area contributed by atoms with Crippen LogP contribution in [0.2, 0.25) is 0 Å². The van der Waals surface area contributed by atoms with E-state index in [1.807, 2.05) is 6.07 Å². The zero-order valence-corrected chi connectivity index (χ0v) is 12.3. The van der Waals surface area contributed by atoms with Crippen molar-refractivity contribution >= 4 is 0 Å². The Labute approximate surface area is 125 Å². The predicted octanol–water partition coefficient (Wildman–Crippen LogP) is 3.93. The van der Waals surface area contributed by atoms with Crippen LogP contribution in [-0.2, 0) is 13.0 Å². The second-order valence-corrected chi connectivity index (χ2v) is 5.37. The van der Waals surface area contributed by atoms with E-state index in [1.54, 1.807) is 6.07 Å². The first-order valence-electron chi connectivity index (χ1n) is 7.54. The number of hydrogen-bond acceptors (Lipinski definition) is 2. The quantitative estimate of drug-likeness (QED) is 0.841.